The third-order valence-electron chi connectivity index (χ3n) is 7.02. The largest absolute Gasteiger partial charge is 0.396 e. The molecule has 0 unspecified atom stereocenters. The summed E-state index contributed by atoms with van der Waals surface area (Å²) in [6, 6.07) is 0. The summed E-state index contributed by atoms with van der Waals surface area (Å²) in [5.41, 5.74) is 0. The molecule has 0 bridgehead atoms. The van der Waals surface area contributed by atoms with Gasteiger partial charge in [0.05, 0.1) is 0 Å². The molecule has 2 N–H and O–H groups in total. The van der Waals surface area contributed by atoms with E-state index in [2.05, 4.69) is 13.8 Å². The molecule has 0 aliphatic rings. The van der Waals surface area contributed by atoms with Crippen LogP contribution in [0, 0.1) is 0 Å². The molecule has 5 heteroatoms. The van der Waals surface area contributed by atoms with Gasteiger partial charge in [0.2, 0.25) is 0 Å². The predicted octanol–water partition coefficient (Wildman–Crippen LogP) is 11.8. The van der Waals surface area contributed by atoms with E-state index in [1.807, 2.05) is 0 Å². The van der Waals surface area contributed by atoms with Crippen molar-refractivity contribution in [2.24, 2.45) is 0 Å². The molecule has 0 aliphatic carbocycles. The summed E-state index contributed by atoms with van der Waals surface area (Å²) < 4.78 is 0. The van der Waals surface area contributed by atoms with Crippen LogP contribution in [-0.2, 0) is 21.7 Å². The van der Waals surface area contributed by atoms with Crippen molar-refractivity contribution in [1.29, 1.82) is 0 Å². The minimum atomic E-state index is 0. The molecule has 2 nitrogen and oxygen atoms in total. The van der Waals surface area contributed by atoms with Gasteiger partial charge < -0.3 is 10.2 Å². The van der Waals surface area contributed by atoms with Crippen LogP contribution in [0.2, 0.25) is 0 Å². The second-order valence-corrected chi connectivity index (χ2v) is 10.6. The summed E-state index contributed by atoms with van der Waals surface area (Å²) in [6.45, 7) is 5.30. The number of unbranched alkanes of at least 4 members (excludes halogenated alkanes) is 26. The van der Waals surface area contributed by atoms with E-state index in [4.69, 9.17) is 10.2 Å². The van der Waals surface area contributed by atoms with Gasteiger partial charge in [0.25, 0.3) is 0 Å². The van der Waals surface area contributed by atoms with Crippen molar-refractivity contribution < 1.29 is 31.9 Å². The van der Waals surface area contributed by atoms with Crippen LogP contribution in [0.4, 0.5) is 0 Å². The first kappa shape index (κ1) is 48.0. The van der Waals surface area contributed by atoms with Crippen molar-refractivity contribution >= 4 is 24.8 Å². The van der Waals surface area contributed by atoms with Crippen LogP contribution < -0.4 is 0 Å². The third kappa shape index (κ3) is 54.1. The Morgan fingerprint density at radius 2 is 0.405 bits per heavy atom. The molecule has 0 radical (unpaired) electrons. The summed E-state index contributed by atoms with van der Waals surface area (Å²) in [7, 11) is 0. The topological polar surface area (TPSA) is 40.5 Å². The van der Waals surface area contributed by atoms with Gasteiger partial charge in [-0.2, -0.15) is 0 Å². The van der Waals surface area contributed by atoms with E-state index >= 15 is 0 Å². The number of aliphatic hydroxyl groups is 2. The Bertz CT molecular complexity index is 265. The SMILES string of the molecule is CCCCCCCCCCCCCCCCO.CCCCCCCCCCCCCCCCO.Cl.Cl.[Ti]. The van der Waals surface area contributed by atoms with E-state index in [0.717, 1.165) is 12.8 Å². The third-order valence-corrected chi connectivity index (χ3v) is 7.02. The van der Waals surface area contributed by atoms with Crippen molar-refractivity contribution in [2.75, 3.05) is 13.2 Å². The quantitative estimate of drug-likeness (QED) is 0.0688. The molecule has 0 amide bonds. The molecule has 0 atom stereocenters. The van der Waals surface area contributed by atoms with Gasteiger partial charge in [-0.05, 0) is 12.8 Å². The van der Waals surface area contributed by atoms with E-state index in [9.17, 15) is 0 Å². The smallest absolute Gasteiger partial charge is 0.0431 e. The summed E-state index contributed by atoms with van der Waals surface area (Å²) in [4.78, 5) is 0. The molecule has 0 saturated heterocycles. The Labute approximate surface area is 262 Å². The first-order valence-corrected chi connectivity index (χ1v) is 16.0. The Morgan fingerprint density at radius 3 is 0.541 bits per heavy atom. The molecular formula is C32H70Cl2O2Ti. The number of hydrogen-bond donors (Lipinski definition) is 2. The second-order valence-electron chi connectivity index (χ2n) is 10.6. The molecule has 228 valence electrons. The zero-order valence-electron chi connectivity index (χ0n) is 25.4. The summed E-state index contributed by atoms with van der Waals surface area (Å²) in [6.07, 6.45) is 38.4. The molecular weight excluding hydrogens is 535 g/mol. The summed E-state index contributed by atoms with van der Waals surface area (Å²) >= 11 is 0. The van der Waals surface area contributed by atoms with Crippen LogP contribution in [0.1, 0.15) is 194 Å². The normalized spacial score (nSPS) is 10.1. The molecule has 0 spiro atoms. The van der Waals surface area contributed by atoms with Crippen molar-refractivity contribution in [3.05, 3.63) is 0 Å². The van der Waals surface area contributed by atoms with Crippen molar-refractivity contribution in [3.8, 4) is 0 Å². The van der Waals surface area contributed by atoms with Gasteiger partial charge >= 0.3 is 0 Å². The van der Waals surface area contributed by atoms with E-state index in [1.54, 1.807) is 0 Å². The number of rotatable bonds is 28. The maximum absolute atomic E-state index is 8.64. The average molecular weight is 606 g/mol. The first-order chi connectivity index (χ1) is 16.8. The van der Waals surface area contributed by atoms with Crippen LogP contribution in [0.5, 0.6) is 0 Å². The minimum Gasteiger partial charge on any atom is -0.396 e. The molecule has 37 heavy (non-hydrogen) atoms. The van der Waals surface area contributed by atoms with E-state index in [0.29, 0.717) is 13.2 Å². The predicted molar refractivity (Wildman–Crippen MR) is 169 cm³/mol. The van der Waals surface area contributed by atoms with Gasteiger partial charge in [0.15, 0.2) is 0 Å². The zero-order chi connectivity index (χ0) is 25.2. The Hall–Kier alpha value is 1.21. The second kappa shape index (κ2) is 50.1. The van der Waals surface area contributed by atoms with E-state index in [1.165, 1.54) is 167 Å². The van der Waals surface area contributed by atoms with Gasteiger partial charge in [0, 0.05) is 34.9 Å². The van der Waals surface area contributed by atoms with Crippen molar-refractivity contribution in [2.45, 2.75) is 194 Å². The van der Waals surface area contributed by atoms with Crippen molar-refractivity contribution in [1.82, 2.24) is 0 Å². The number of halogens is 2. The van der Waals surface area contributed by atoms with Crippen LogP contribution in [0.3, 0.4) is 0 Å². The molecule has 0 aliphatic heterocycles. The van der Waals surface area contributed by atoms with Crippen LogP contribution >= 0.6 is 24.8 Å². The molecule has 0 rings (SSSR count). The number of hydrogen-bond acceptors (Lipinski definition) is 2. The van der Waals surface area contributed by atoms with E-state index in [-0.39, 0.29) is 46.5 Å². The van der Waals surface area contributed by atoms with Crippen LogP contribution in [-0.4, -0.2) is 23.4 Å². The molecule has 0 aromatic heterocycles. The summed E-state index contributed by atoms with van der Waals surface area (Å²) in [5.74, 6) is 0. The molecule has 0 aromatic rings. The fraction of sp³-hybridized carbons (Fsp3) is 1.00. The van der Waals surface area contributed by atoms with Gasteiger partial charge in [0.1, 0.15) is 0 Å². The average Bonchev–Trinajstić information content (AvgIpc) is 2.85. The molecule has 0 saturated carbocycles. The van der Waals surface area contributed by atoms with Crippen molar-refractivity contribution in [3.63, 3.8) is 0 Å². The fourth-order valence-electron chi connectivity index (χ4n) is 4.61. The van der Waals surface area contributed by atoms with Gasteiger partial charge in [-0.25, -0.2) is 0 Å². The maximum Gasteiger partial charge on any atom is 0.0431 e. The minimum absolute atomic E-state index is 0. The zero-order valence-corrected chi connectivity index (χ0v) is 28.6. The van der Waals surface area contributed by atoms with Gasteiger partial charge in [-0.15, -0.1) is 24.8 Å². The monoisotopic (exact) mass is 604 g/mol. The number of aliphatic hydroxyl groups excluding tert-OH is 2. The van der Waals surface area contributed by atoms with E-state index < -0.39 is 0 Å². The maximum atomic E-state index is 8.64. The Kier molecular flexibility index (Phi) is 64.9. The van der Waals surface area contributed by atoms with Gasteiger partial charge in [-0.3, -0.25) is 0 Å². The fourth-order valence-corrected chi connectivity index (χ4v) is 4.61. The Balaban J connectivity index is -0.000000171. The van der Waals surface area contributed by atoms with Gasteiger partial charge in [-0.1, -0.05) is 181 Å². The first-order valence-electron chi connectivity index (χ1n) is 16.0. The molecule has 0 heterocycles. The molecule has 0 aromatic carbocycles. The standard InChI is InChI=1S/2C16H34O.2ClH.Ti/c2*1-2-3-4-5-6-7-8-9-10-11-12-13-14-15-16-17;;;/h2*17H,2-16H2,1H3;2*1H;. The van der Waals surface area contributed by atoms with Crippen LogP contribution in [0.15, 0.2) is 0 Å². The van der Waals surface area contributed by atoms with Crippen LogP contribution in [0.25, 0.3) is 0 Å². The summed E-state index contributed by atoms with van der Waals surface area (Å²) in [5, 5.41) is 17.3. The Morgan fingerprint density at radius 1 is 0.270 bits per heavy atom. The molecule has 0 fully saturated rings.